The smallest absolute Gasteiger partial charge is 0.330 e. The first-order valence-corrected chi connectivity index (χ1v) is 16.9. The third-order valence-electron chi connectivity index (χ3n) is 8.12. The Labute approximate surface area is 274 Å². The molecule has 8 heteroatoms. The molecule has 3 rings (SSSR count). The van der Waals surface area contributed by atoms with Gasteiger partial charge in [0.05, 0.1) is 25.7 Å². The fourth-order valence-electron chi connectivity index (χ4n) is 5.40. The highest BCUT2D eigenvalue weighted by molar-refractivity contribution is 5.81. The van der Waals surface area contributed by atoms with Crippen molar-refractivity contribution in [3.8, 4) is 11.5 Å². The first-order valence-electron chi connectivity index (χ1n) is 16.9. The zero-order valence-corrected chi connectivity index (χ0v) is 27.6. The van der Waals surface area contributed by atoms with Crippen LogP contribution >= 0.6 is 0 Å². The van der Waals surface area contributed by atoms with Crippen LogP contribution < -0.4 is 9.62 Å². The van der Waals surface area contributed by atoms with Crippen molar-refractivity contribution in [2.75, 3.05) is 19.8 Å². The zero-order valence-electron chi connectivity index (χ0n) is 27.6. The van der Waals surface area contributed by atoms with Crippen molar-refractivity contribution >= 4 is 11.9 Å². The summed E-state index contributed by atoms with van der Waals surface area (Å²) < 4.78 is 10.7. The summed E-state index contributed by atoms with van der Waals surface area (Å²) in [5.41, 5.74) is 2.50. The molecule has 0 radical (unpaired) electrons. The predicted octanol–water partition coefficient (Wildman–Crippen LogP) is 8.83. The van der Waals surface area contributed by atoms with E-state index in [2.05, 4.69) is 25.3 Å². The average molecular weight is 637 g/mol. The van der Waals surface area contributed by atoms with Crippen LogP contribution in [0.25, 0.3) is 0 Å². The molecule has 0 saturated heterocycles. The number of rotatable bonds is 23. The SMILES string of the molecule is C=CC(=O)OCCCCCCc1ccc(OOCC2CCC(C(=O)Oc3ccc(CCCCCCOOC(=C)C)cc3)CC2)cc1. The topological polar surface area (TPSA) is 89.5 Å². The molecule has 252 valence electrons. The molecule has 1 aliphatic carbocycles. The van der Waals surface area contributed by atoms with Gasteiger partial charge in [-0.05, 0) is 112 Å². The Hall–Kier alpha value is -3.62. The quantitative estimate of drug-likeness (QED) is 0.0227. The number of benzene rings is 2. The van der Waals surface area contributed by atoms with Crippen molar-refractivity contribution in [3.63, 3.8) is 0 Å². The van der Waals surface area contributed by atoms with Crippen LogP contribution in [0.4, 0.5) is 0 Å². The Balaban J connectivity index is 1.21. The van der Waals surface area contributed by atoms with E-state index < -0.39 is 0 Å². The molecular weight excluding hydrogens is 584 g/mol. The molecule has 0 aliphatic heterocycles. The molecule has 1 aliphatic rings. The average Bonchev–Trinajstić information content (AvgIpc) is 3.07. The number of hydrogen-bond acceptors (Lipinski definition) is 8. The second kappa shape index (κ2) is 22.0. The molecule has 2 aromatic carbocycles. The minimum absolute atomic E-state index is 0.0797. The van der Waals surface area contributed by atoms with Crippen molar-refractivity contribution < 1.29 is 38.6 Å². The monoisotopic (exact) mass is 636 g/mol. The van der Waals surface area contributed by atoms with Gasteiger partial charge in [-0.15, -0.1) is 0 Å². The second-order valence-corrected chi connectivity index (χ2v) is 12.1. The molecule has 0 atom stereocenters. The van der Waals surface area contributed by atoms with E-state index in [1.807, 2.05) is 36.4 Å². The van der Waals surface area contributed by atoms with Gasteiger partial charge < -0.3 is 19.2 Å². The number of esters is 2. The molecule has 8 nitrogen and oxygen atoms in total. The first-order chi connectivity index (χ1) is 22.4. The van der Waals surface area contributed by atoms with Crippen molar-refractivity contribution in [2.45, 2.75) is 96.8 Å². The fraction of sp³-hybridized carbons (Fsp3) is 0.526. The Morgan fingerprint density at radius 1 is 0.739 bits per heavy atom. The summed E-state index contributed by atoms with van der Waals surface area (Å²) in [6.07, 6.45) is 15.0. The van der Waals surface area contributed by atoms with Crippen LogP contribution in [-0.4, -0.2) is 31.8 Å². The van der Waals surface area contributed by atoms with Gasteiger partial charge in [-0.1, -0.05) is 63.1 Å². The summed E-state index contributed by atoms with van der Waals surface area (Å²) in [5.74, 6) is 1.64. The Morgan fingerprint density at radius 2 is 1.30 bits per heavy atom. The molecule has 0 spiro atoms. The largest absolute Gasteiger partial charge is 0.463 e. The predicted molar refractivity (Wildman–Crippen MR) is 178 cm³/mol. The van der Waals surface area contributed by atoms with E-state index in [0.29, 0.717) is 43.0 Å². The molecule has 0 aromatic heterocycles. The molecule has 1 saturated carbocycles. The molecule has 0 bridgehead atoms. The maximum Gasteiger partial charge on any atom is 0.330 e. The maximum atomic E-state index is 12.8. The van der Waals surface area contributed by atoms with Gasteiger partial charge in [0, 0.05) is 6.08 Å². The van der Waals surface area contributed by atoms with Gasteiger partial charge in [0.2, 0.25) is 0 Å². The lowest BCUT2D eigenvalue weighted by Crippen LogP contribution is -2.27. The van der Waals surface area contributed by atoms with E-state index in [1.54, 1.807) is 6.92 Å². The Bertz CT molecular complexity index is 1170. The van der Waals surface area contributed by atoms with E-state index >= 15 is 0 Å². The molecule has 46 heavy (non-hydrogen) atoms. The number of ether oxygens (including phenoxy) is 2. The van der Waals surface area contributed by atoms with E-state index in [4.69, 9.17) is 29.0 Å². The summed E-state index contributed by atoms with van der Waals surface area (Å²) >= 11 is 0. The van der Waals surface area contributed by atoms with E-state index in [-0.39, 0.29) is 17.9 Å². The number of aryl methyl sites for hydroxylation is 2. The van der Waals surface area contributed by atoms with Crippen molar-refractivity contribution in [2.24, 2.45) is 11.8 Å². The third kappa shape index (κ3) is 15.6. The van der Waals surface area contributed by atoms with Crippen molar-refractivity contribution in [1.82, 2.24) is 0 Å². The first kappa shape index (κ1) is 36.8. The number of carbonyl (C=O) groups is 2. The minimum Gasteiger partial charge on any atom is -0.463 e. The summed E-state index contributed by atoms with van der Waals surface area (Å²) in [4.78, 5) is 44.8. The highest BCUT2D eigenvalue weighted by atomic mass is 17.2. The van der Waals surface area contributed by atoms with Gasteiger partial charge in [-0.2, -0.15) is 9.78 Å². The van der Waals surface area contributed by atoms with E-state index in [9.17, 15) is 9.59 Å². The summed E-state index contributed by atoms with van der Waals surface area (Å²) in [6, 6.07) is 15.9. The number of unbranched alkanes of at least 4 members (excludes halogenated alkanes) is 6. The minimum atomic E-state index is -0.360. The molecule has 0 N–H and O–H groups in total. The van der Waals surface area contributed by atoms with Crippen LogP contribution in [0.5, 0.6) is 11.5 Å². The molecule has 0 unspecified atom stereocenters. The van der Waals surface area contributed by atoms with Gasteiger partial charge in [0.1, 0.15) is 11.5 Å². The van der Waals surface area contributed by atoms with Crippen LogP contribution in [0.3, 0.4) is 0 Å². The normalized spacial score (nSPS) is 15.9. The third-order valence-corrected chi connectivity index (χ3v) is 8.12. The van der Waals surface area contributed by atoms with Gasteiger partial charge in [0.15, 0.2) is 5.75 Å². The van der Waals surface area contributed by atoms with Gasteiger partial charge in [0.25, 0.3) is 0 Å². The van der Waals surface area contributed by atoms with E-state index in [1.165, 1.54) is 17.2 Å². The van der Waals surface area contributed by atoms with Gasteiger partial charge >= 0.3 is 11.9 Å². The number of carbonyl (C=O) groups excluding carboxylic acids is 2. The Kier molecular flexibility index (Phi) is 17.6. The van der Waals surface area contributed by atoms with Gasteiger partial charge in [-0.3, -0.25) is 4.79 Å². The van der Waals surface area contributed by atoms with Crippen LogP contribution in [-0.2, 0) is 41.8 Å². The van der Waals surface area contributed by atoms with Crippen LogP contribution in [0.15, 0.2) is 73.5 Å². The molecule has 2 aromatic rings. The Morgan fingerprint density at radius 3 is 1.89 bits per heavy atom. The summed E-state index contributed by atoms with van der Waals surface area (Å²) in [5, 5.41) is 0. The highest BCUT2D eigenvalue weighted by Gasteiger charge is 2.28. The molecule has 0 heterocycles. The summed E-state index contributed by atoms with van der Waals surface area (Å²) in [7, 11) is 0. The number of hydrogen-bond donors (Lipinski definition) is 0. The lowest BCUT2D eigenvalue weighted by molar-refractivity contribution is -0.261. The lowest BCUT2D eigenvalue weighted by atomic mass is 9.82. The van der Waals surface area contributed by atoms with Crippen LogP contribution in [0, 0.1) is 11.8 Å². The highest BCUT2D eigenvalue weighted by Crippen LogP contribution is 2.30. The second-order valence-electron chi connectivity index (χ2n) is 12.1. The standard InChI is InChI=1S/C38H52O8/c1-4-37(39)41-27-11-7-5-9-14-32-19-25-36(26-20-32)46-43-29-33-15-21-34(22-16-33)38(40)44-35-23-17-31(18-24-35)13-10-6-8-12-28-42-45-30(2)3/h4,17-20,23-26,33-34H,1-2,5-16,21-22,27-29H2,3H3. The van der Waals surface area contributed by atoms with Crippen LogP contribution in [0.1, 0.15) is 95.1 Å². The molecular formula is C38H52O8. The maximum absolute atomic E-state index is 12.8. The van der Waals surface area contributed by atoms with Crippen molar-refractivity contribution in [1.29, 1.82) is 0 Å². The molecule has 1 fully saturated rings. The molecule has 0 amide bonds. The number of allylic oxidation sites excluding steroid dienone is 1. The van der Waals surface area contributed by atoms with Crippen LogP contribution in [0.2, 0.25) is 0 Å². The van der Waals surface area contributed by atoms with E-state index in [0.717, 1.165) is 89.9 Å². The lowest BCUT2D eigenvalue weighted by Gasteiger charge is -2.26. The zero-order chi connectivity index (χ0) is 32.8. The van der Waals surface area contributed by atoms with Gasteiger partial charge in [-0.25, -0.2) is 4.79 Å². The fourth-order valence-corrected chi connectivity index (χ4v) is 5.40. The summed E-state index contributed by atoms with van der Waals surface area (Å²) in [6.45, 7) is 10.3. The van der Waals surface area contributed by atoms with Crippen molar-refractivity contribution in [3.05, 3.63) is 84.7 Å².